The Labute approximate surface area is 123 Å². The average molecular weight is 302 g/mol. The molecule has 2 amide bonds. The van der Waals surface area contributed by atoms with Gasteiger partial charge in [-0.2, -0.15) is 0 Å². The van der Waals surface area contributed by atoms with Crippen LogP contribution in [0.1, 0.15) is 48.4 Å². The predicted molar refractivity (Wildman–Crippen MR) is 76.3 cm³/mol. The van der Waals surface area contributed by atoms with Crippen LogP contribution in [0.3, 0.4) is 0 Å². The van der Waals surface area contributed by atoms with E-state index in [1.807, 2.05) is 0 Å². The van der Waals surface area contributed by atoms with Crippen molar-refractivity contribution in [3.05, 3.63) is 23.7 Å². The van der Waals surface area contributed by atoms with Gasteiger partial charge in [0.1, 0.15) is 5.76 Å². The summed E-state index contributed by atoms with van der Waals surface area (Å²) >= 11 is 0. The van der Waals surface area contributed by atoms with Gasteiger partial charge in [-0.25, -0.2) is 0 Å². The van der Waals surface area contributed by atoms with E-state index < -0.39 is 11.4 Å². The highest BCUT2D eigenvalue weighted by Crippen LogP contribution is 2.26. The van der Waals surface area contributed by atoms with Gasteiger partial charge in [-0.3, -0.25) is 9.59 Å². The van der Waals surface area contributed by atoms with E-state index in [4.69, 9.17) is 15.9 Å². The summed E-state index contributed by atoms with van der Waals surface area (Å²) in [6, 6.07) is 3.10. The summed E-state index contributed by atoms with van der Waals surface area (Å²) < 4.78 is 5.19. The van der Waals surface area contributed by atoms with E-state index in [0.717, 1.165) is 19.3 Å². The lowest BCUT2D eigenvalue weighted by atomic mass is 9.82. The molecule has 1 aromatic rings. The number of nitrogens with two attached hydrogens (primary N) is 2. The number of primary amides is 1. The van der Waals surface area contributed by atoms with Crippen molar-refractivity contribution in [1.82, 2.24) is 5.32 Å². The van der Waals surface area contributed by atoms with Crippen LogP contribution in [0.2, 0.25) is 0 Å². The summed E-state index contributed by atoms with van der Waals surface area (Å²) in [5, 5.41) is 2.75. The molecule has 0 aromatic carbocycles. The summed E-state index contributed by atoms with van der Waals surface area (Å²) in [6.07, 6.45) is 4.52. The van der Waals surface area contributed by atoms with Crippen molar-refractivity contribution < 1.29 is 14.0 Å². The first-order chi connectivity index (χ1) is 9.01. The summed E-state index contributed by atoms with van der Waals surface area (Å²) in [5.41, 5.74) is 10.4. The smallest absolute Gasteiger partial charge is 0.284 e. The van der Waals surface area contributed by atoms with Gasteiger partial charge in [0.05, 0.1) is 12.1 Å². The van der Waals surface area contributed by atoms with Crippen LogP contribution in [-0.4, -0.2) is 17.4 Å². The lowest BCUT2D eigenvalue weighted by Crippen LogP contribution is -2.54. The number of carbonyl (C=O) groups excluding carboxylic acids is 2. The second-order valence-corrected chi connectivity index (χ2v) is 5.03. The number of rotatable bonds is 4. The Hall–Kier alpha value is -1.53. The number of hydrogen-bond donors (Lipinski definition) is 3. The molecule has 0 aliphatic heterocycles. The maximum absolute atomic E-state index is 12.1. The molecular formula is C13H20ClN3O3. The molecule has 0 atom stereocenters. The SMILES string of the molecule is Cl.NC(=O)c1ccc(CNC(=O)C2(N)CCCCC2)o1. The minimum absolute atomic E-state index is 0. The third kappa shape index (κ3) is 3.74. The van der Waals surface area contributed by atoms with Crippen LogP contribution in [0.5, 0.6) is 0 Å². The molecule has 0 spiro atoms. The molecule has 1 aliphatic rings. The second-order valence-electron chi connectivity index (χ2n) is 5.03. The molecule has 0 radical (unpaired) electrons. The number of hydrogen-bond acceptors (Lipinski definition) is 4. The molecule has 1 heterocycles. The molecule has 6 nitrogen and oxygen atoms in total. The number of nitrogens with one attached hydrogen (secondary N) is 1. The third-order valence-electron chi connectivity index (χ3n) is 3.53. The molecule has 7 heteroatoms. The van der Waals surface area contributed by atoms with Gasteiger partial charge in [-0.05, 0) is 25.0 Å². The minimum Gasteiger partial charge on any atom is -0.454 e. The highest BCUT2D eigenvalue weighted by atomic mass is 35.5. The number of halogens is 1. The van der Waals surface area contributed by atoms with Gasteiger partial charge in [-0.1, -0.05) is 19.3 Å². The molecule has 2 rings (SSSR count). The summed E-state index contributed by atoms with van der Waals surface area (Å²) in [4.78, 5) is 22.9. The van der Waals surface area contributed by atoms with Crippen LogP contribution in [0.25, 0.3) is 0 Å². The van der Waals surface area contributed by atoms with E-state index in [-0.39, 0.29) is 30.6 Å². The fourth-order valence-corrected chi connectivity index (χ4v) is 2.36. The van der Waals surface area contributed by atoms with Gasteiger partial charge in [0.25, 0.3) is 5.91 Å². The molecule has 1 saturated carbocycles. The average Bonchev–Trinajstić information content (AvgIpc) is 2.85. The zero-order valence-electron chi connectivity index (χ0n) is 11.2. The first-order valence-corrected chi connectivity index (χ1v) is 6.47. The maximum Gasteiger partial charge on any atom is 0.284 e. The molecular weight excluding hydrogens is 282 g/mol. The summed E-state index contributed by atoms with van der Waals surface area (Å²) in [6.45, 7) is 0.213. The van der Waals surface area contributed by atoms with Gasteiger partial charge in [0.15, 0.2) is 5.76 Å². The molecule has 5 N–H and O–H groups in total. The molecule has 112 valence electrons. The fraction of sp³-hybridized carbons (Fsp3) is 0.538. The molecule has 0 bridgehead atoms. The molecule has 20 heavy (non-hydrogen) atoms. The third-order valence-corrected chi connectivity index (χ3v) is 3.53. The van der Waals surface area contributed by atoms with Gasteiger partial charge in [-0.15, -0.1) is 12.4 Å². The fourth-order valence-electron chi connectivity index (χ4n) is 2.36. The number of amides is 2. The van der Waals surface area contributed by atoms with Crippen molar-refractivity contribution in [3.8, 4) is 0 Å². The lowest BCUT2D eigenvalue weighted by Gasteiger charge is -2.31. The molecule has 1 aromatic heterocycles. The Morgan fingerprint density at radius 3 is 2.45 bits per heavy atom. The Balaban J connectivity index is 0.00000200. The van der Waals surface area contributed by atoms with E-state index in [2.05, 4.69) is 5.32 Å². The van der Waals surface area contributed by atoms with Crippen molar-refractivity contribution >= 4 is 24.2 Å². The number of carbonyl (C=O) groups is 2. The van der Waals surface area contributed by atoms with Crippen molar-refractivity contribution in [1.29, 1.82) is 0 Å². The Morgan fingerprint density at radius 2 is 1.90 bits per heavy atom. The van der Waals surface area contributed by atoms with Crippen LogP contribution < -0.4 is 16.8 Å². The minimum atomic E-state index is -0.767. The first-order valence-electron chi connectivity index (χ1n) is 6.47. The monoisotopic (exact) mass is 301 g/mol. The molecule has 1 fully saturated rings. The van der Waals surface area contributed by atoms with Crippen LogP contribution in [0.4, 0.5) is 0 Å². The van der Waals surface area contributed by atoms with Crippen LogP contribution in [-0.2, 0) is 11.3 Å². The van der Waals surface area contributed by atoms with Crippen LogP contribution in [0.15, 0.2) is 16.5 Å². The molecule has 0 saturated heterocycles. The highest BCUT2D eigenvalue weighted by molar-refractivity contribution is 5.90. The lowest BCUT2D eigenvalue weighted by molar-refractivity contribution is -0.127. The quantitative estimate of drug-likeness (QED) is 0.772. The van der Waals surface area contributed by atoms with Gasteiger partial charge >= 0.3 is 0 Å². The summed E-state index contributed by atoms with van der Waals surface area (Å²) in [5.74, 6) is -0.213. The predicted octanol–water partition coefficient (Wildman–Crippen LogP) is 1.08. The van der Waals surface area contributed by atoms with E-state index in [1.165, 1.54) is 6.07 Å². The van der Waals surface area contributed by atoms with Gasteiger partial charge in [0.2, 0.25) is 5.91 Å². The van der Waals surface area contributed by atoms with Gasteiger partial charge < -0.3 is 21.2 Å². The van der Waals surface area contributed by atoms with Crippen molar-refractivity contribution in [2.75, 3.05) is 0 Å². The zero-order chi connectivity index (χ0) is 13.9. The Kier molecular flexibility index (Phi) is 5.59. The van der Waals surface area contributed by atoms with Gasteiger partial charge in [0, 0.05) is 0 Å². The molecule has 0 unspecified atom stereocenters. The number of furan rings is 1. The van der Waals surface area contributed by atoms with Crippen LogP contribution >= 0.6 is 12.4 Å². The Bertz CT molecular complexity index is 481. The normalized spacial score (nSPS) is 17.1. The van der Waals surface area contributed by atoms with Crippen molar-refractivity contribution in [2.24, 2.45) is 11.5 Å². The van der Waals surface area contributed by atoms with E-state index in [9.17, 15) is 9.59 Å². The maximum atomic E-state index is 12.1. The van der Waals surface area contributed by atoms with E-state index >= 15 is 0 Å². The van der Waals surface area contributed by atoms with E-state index in [1.54, 1.807) is 6.07 Å². The van der Waals surface area contributed by atoms with Crippen molar-refractivity contribution in [2.45, 2.75) is 44.2 Å². The van der Waals surface area contributed by atoms with E-state index in [0.29, 0.717) is 18.6 Å². The standard InChI is InChI=1S/C13H19N3O3.ClH/c14-11(17)10-5-4-9(19-10)8-16-12(18)13(15)6-2-1-3-7-13;/h4-5H,1-3,6-8,15H2,(H2,14,17)(H,16,18);1H. The molecule has 1 aliphatic carbocycles. The topological polar surface area (TPSA) is 111 Å². The van der Waals surface area contributed by atoms with Crippen molar-refractivity contribution in [3.63, 3.8) is 0 Å². The zero-order valence-corrected chi connectivity index (χ0v) is 12.0. The summed E-state index contributed by atoms with van der Waals surface area (Å²) in [7, 11) is 0. The second kappa shape index (κ2) is 6.76. The van der Waals surface area contributed by atoms with Crippen LogP contribution in [0, 0.1) is 0 Å². The first kappa shape index (κ1) is 16.5. The largest absolute Gasteiger partial charge is 0.454 e. The highest BCUT2D eigenvalue weighted by Gasteiger charge is 2.35. The Morgan fingerprint density at radius 1 is 1.25 bits per heavy atom.